The van der Waals surface area contributed by atoms with Crippen LogP contribution in [0.15, 0.2) is 41.0 Å². The normalized spacial score (nSPS) is 20.8. The summed E-state index contributed by atoms with van der Waals surface area (Å²) in [4.78, 5) is 21.6. The zero-order chi connectivity index (χ0) is 14.9. The molecule has 2 heterocycles. The second kappa shape index (κ2) is 5.25. The number of anilines is 1. The molecule has 0 radical (unpaired) electrons. The number of carbonyl (C=O) groups is 1. The van der Waals surface area contributed by atoms with Crippen LogP contribution >= 0.6 is 11.3 Å². The van der Waals surface area contributed by atoms with Crippen molar-refractivity contribution in [2.24, 2.45) is 5.16 Å². The average molecular weight is 305 g/mol. The largest absolute Gasteiger partial charge is 0.379 e. The first kappa shape index (κ1) is 13.7. The molecule has 0 fully saturated rings. The Bertz CT molecular complexity index is 685. The Hall–Kier alpha value is -2.28. The lowest BCUT2D eigenvalue weighted by Gasteiger charge is -2.19. The fraction of sp³-hybridized carbons (Fsp3) is 0.214. The number of amides is 1. The molecule has 0 unspecified atom stereocenters. The monoisotopic (exact) mass is 305 g/mol. The van der Waals surface area contributed by atoms with Gasteiger partial charge in [-0.2, -0.15) is 0 Å². The summed E-state index contributed by atoms with van der Waals surface area (Å²) in [6.45, 7) is 1.66. The van der Waals surface area contributed by atoms with Gasteiger partial charge >= 0.3 is 0 Å². The van der Waals surface area contributed by atoms with Gasteiger partial charge in [-0.1, -0.05) is 17.3 Å². The number of nitrogens with one attached hydrogen (secondary N) is 1. The second-order valence-electron chi connectivity index (χ2n) is 4.84. The highest BCUT2D eigenvalue weighted by Gasteiger charge is 2.42. The topological polar surface area (TPSA) is 63.6 Å². The maximum absolute atomic E-state index is 12.9. The van der Waals surface area contributed by atoms with Crippen LogP contribution in [-0.2, 0) is 9.63 Å². The maximum atomic E-state index is 12.9. The number of rotatable bonds is 3. The van der Waals surface area contributed by atoms with Crippen LogP contribution in [0.3, 0.4) is 0 Å². The van der Waals surface area contributed by atoms with E-state index in [-0.39, 0.29) is 11.7 Å². The highest BCUT2D eigenvalue weighted by atomic mass is 32.1. The van der Waals surface area contributed by atoms with Gasteiger partial charge in [0, 0.05) is 18.0 Å². The summed E-state index contributed by atoms with van der Waals surface area (Å²) < 4.78 is 12.9. The number of nitrogens with zero attached hydrogens (tertiary/aromatic N) is 2. The molecule has 0 saturated heterocycles. The highest BCUT2D eigenvalue weighted by molar-refractivity contribution is 7.13. The van der Waals surface area contributed by atoms with E-state index in [9.17, 15) is 9.18 Å². The van der Waals surface area contributed by atoms with Crippen LogP contribution in [0.1, 0.15) is 18.9 Å². The smallest absolute Gasteiger partial charge is 0.273 e. The van der Waals surface area contributed by atoms with Gasteiger partial charge in [-0.3, -0.25) is 10.1 Å². The minimum Gasteiger partial charge on any atom is -0.379 e. The Morgan fingerprint density at radius 3 is 2.86 bits per heavy atom. The number of benzene rings is 1. The zero-order valence-electron chi connectivity index (χ0n) is 11.2. The first-order chi connectivity index (χ1) is 10.1. The molecule has 0 saturated carbocycles. The van der Waals surface area contributed by atoms with E-state index in [2.05, 4.69) is 15.5 Å². The third kappa shape index (κ3) is 2.78. The Kier molecular flexibility index (Phi) is 3.42. The molecule has 1 N–H and O–H groups in total. The Labute approximate surface area is 124 Å². The van der Waals surface area contributed by atoms with Crippen LogP contribution in [0.2, 0.25) is 0 Å². The third-order valence-electron chi connectivity index (χ3n) is 3.17. The zero-order valence-corrected chi connectivity index (χ0v) is 12.0. The van der Waals surface area contributed by atoms with Crippen molar-refractivity contribution >= 4 is 28.1 Å². The van der Waals surface area contributed by atoms with Crippen LogP contribution in [0.25, 0.3) is 0 Å². The van der Waals surface area contributed by atoms with E-state index >= 15 is 0 Å². The fourth-order valence-electron chi connectivity index (χ4n) is 1.97. The van der Waals surface area contributed by atoms with Crippen LogP contribution < -0.4 is 5.32 Å². The van der Waals surface area contributed by atoms with Crippen molar-refractivity contribution in [3.05, 3.63) is 47.2 Å². The van der Waals surface area contributed by atoms with Crippen LogP contribution in [0.5, 0.6) is 0 Å². The molecule has 1 aromatic heterocycles. The van der Waals surface area contributed by atoms with Crippen LogP contribution in [0, 0.1) is 5.82 Å². The number of oxime groups is 1. The van der Waals surface area contributed by atoms with Gasteiger partial charge in [0.05, 0.1) is 5.71 Å². The van der Waals surface area contributed by atoms with E-state index in [1.807, 2.05) is 0 Å². The molecule has 5 nitrogen and oxygen atoms in total. The van der Waals surface area contributed by atoms with Gasteiger partial charge in [0.2, 0.25) is 5.60 Å². The van der Waals surface area contributed by atoms with Crippen molar-refractivity contribution in [2.75, 3.05) is 5.32 Å². The Morgan fingerprint density at radius 2 is 2.19 bits per heavy atom. The molecule has 1 aromatic carbocycles. The average Bonchev–Trinajstić information content (AvgIpc) is 3.10. The number of hydrogen-bond acceptors (Lipinski definition) is 5. The predicted molar refractivity (Wildman–Crippen MR) is 77.8 cm³/mol. The molecule has 3 rings (SSSR count). The quantitative estimate of drug-likeness (QED) is 0.948. The van der Waals surface area contributed by atoms with E-state index in [1.54, 1.807) is 30.6 Å². The molecule has 21 heavy (non-hydrogen) atoms. The minimum atomic E-state index is -1.09. The van der Waals surface area contributed by atoms with Gasteiger partial charge in [0.25, 0.3) is 5.91 Å². The summed E-state index contributed by atoms with van der Waals surface area (Å²) in [5.41, 5.74) is 0.268. The van der Waals surface area contributed by atoms with Crippen molar-refractivity contribution in [3.8, 4) is 0 Å². The van der Waals surface area contributed by atoms with Crippen LogP contribution in [-0.4, -0.2) is 22.2 Å². The van der Waals surface area contributed by atoms with Gasteiger partial charge in [-0.15, -0.1) is 11.3 Å². The molecular weight excluding hydrogens is 293 g/mol. The first-order valence-electron chi connectivity index (χ1n) is 6.29. The number of aromatic nitrogens is 1. The molecule has 0 bridgehead atoms. The molecule has 2 aromatic rings. The van der Waals surface area contributed by atoms with E-state index < -0.39 is 5.60 Å². The maximum Gasteiger partial charge on any atom is 0.273 e. The van der Waals surface area contributed by atoms with E-state index in [0.29, 0.717) is 17.3 Å². The summed E-state index contributed by atoms with van der Waals surface area (Å²) in [6.07, 6.45) is 1.93. The first-order valence-corrected chi connectivity index (χ1v) is 7.17. The number of halogens is 1. The molecule has 0 spiro atoms. The molecule has 108 valence electrons. The molecule has 1 atom stereocenters. The molecular formula is C14H12FN3O2S. The van der Waals surface area contributed by atoms with Gasteiger partial charge < -0.3 is 4.84 Å². The van der Waals surface area contributed by atoms with Crippen molar-refractivity contribution in [1.29, 1.82) is 0 Å². The summed E-state index contributed by atoms with van der Waals surface area (Å²) in [7, 11) is 0. The van der Waals surface area contributed by atoms with Gasteiger partial charge in [-0.25, -0.2) is 9.37 Å². The third-order valence-corrected chi connectivity index (χ3v) is 3.86. The minimum absolute atomic E-state index is 0.307. The summed E-state index contributed by atoms with van der Waals surface area (Å²) in [6, 6.07) is 5.93. The van der Waals surface area contributed by atoms with Gasteiger partial charge in [0.15, 0.2) is 5.13 Å². The van der Waals surface area contributed by atoms with Crippen molar-refractivity contribution < 1.29 is 14.0 Å². The summed E-state index contributed by atoms with van der Waals surface area (Å²) >= 11 is 1.33. The number of carbonyl (C=O) groups excluding carboxylic acids is 1. The Balaban J connectivity index is 1.71. The van der Waals surface area contributed by atoms with Crippen molar-refractivity contribution in [3.63, 3.8) is 0 Å². The van der Waals surface area contributed by atoms with E-state index in [4.69, 9.17) is 4.84 Å². The summed E-state index contributed by atoms with van der Waals surface area (Å²) in [5, 5.41) is 8.94. The second-order valence-corrected chi connectivity index (χ2v) is 5.73. The standard InChI is InChI=1S/C14H12FN3O2S/c1-14(12(19)17-13-16-6-7-21-13)8-11(18-20-14)9-2-4-10(15)5-3-9/h2-7H,8H2,1H3,(H,16,17,19)/t14-/m0/s1. The Morgan fingerprint density at radius 1 is 1.43 bits per heavy atom. The highest BCUT2D eigenvalue weighted by Crippen LogP contribution is 2.28. The van der Waals surface area contributed by atoms with Crippen molar-refractivity contribution in [1.82, 2.24) is 4.98 Å². The SMILES string of the molecule is C[C@@]1(C(=O)Nc2nccs2)CC(c2ccc(F)cc2)=NO1. The fourth-order valence-corrected chi connectivity index (χ4v) is 2.50. The molecule has 7 heteroatoms. The van der Waals surface area contributed by atoms with Gasteiger partial charge in [-0.05, 0) is 24.6 Å². The molecule has 1 amide bonds. The molecule has 0 aliphatic carbocycles. The summed E-state index contributed by atoms with van der Waals surface area (Å²) in [5.74, 6) is -0.624. The molecule has 1 aliphatic heterocycles. The molecule has 1 aliphatic rings. The predicted octanol–water partition coefficient (Wildman–Crippen LogP) is 2.80. The van der Waals surface area contributed by atoms with Crippen LogP contribution in [0.4, 0.5) is 9.52 Å². The van der Waals surface area contributed by atoms with Gasteiger partial charge in [0.1, 0.15) is 5.82 Å². The van der Waals surface area contributed by atoms with E-state index in [0.717, 1.165) is 5.56 Å². The lowest BCUT2D eigenvalue weighted by molar-refractivity contribution is -0.135. The van der Waals surface area contributed by atoms with E-state index in [1.165, 1.54) is 23.5 Å². The lowest BCUT2D eigenvalue weighted by atomic mass is 9.95. The number of hydrogen-bond donors (Lipinski definition) is 1. The lowest BCUT2D eigenvalue weighted by Crippen LogP contribution is -2.40. The van der Waals surface area contributed by atoms with Crippen molar-refractivity contribution in [2.45, 2.75) is 18.9 Å². The number of thiazole rings is 1.